The number of aromatic nitrogens is 3. The molecule has 7 nitrogen and oxygen atoms in total. The van der Waals surface area contributed by atoms with Gasteiger partial charge in [0.2, 0.25) is 5.91 Å². The zero-order valence-electron chi connectivity index (χ0n) is 19.2. The maximum Gasteiger partial charge on any atom is 0.234 e. The molecule has 0 radical (unpaired) electrons. The molecule has 0 unspecified atom stereocenters. The summed E-state index contributed by atoms with van der Waals surface area (Å²) in [5.74, 6) is 2.05. The van der Waals surface area contributed by atoms with Crippen molar-refractivity contribution in [1.82, 2.24) is 14.8 Å². The van der Waals surface area contributed by atoms with E-state index in [0.717, 1.165) is 22.1 Å². The predicted molar refractivity (Wildman–Crippen MR) is 140 cm³/mol. The van der Waals surface area contributed by atoms with Gasteiger partial charge in [-0.15, -0.1) is 10.2 Å². The summed E-state index contributed by atoms with van der Waals surface area (Å²) in [5, 5.41) is 14.6. The normalized spacial score (nSPS) is 14.5. The van der Waals surface area contributed by atoms with Crippen molar-refractivity contribution in [3.63, 3.8) is 0 Å². The third kappa shape index (κ3) is 4.38. The molecule has 0 saturated carbocycles. The van der Waals surface area contributed by atoms with E-state index in [4.69, 9.17) is 9.47 Å². The maximum absolute atomic E-state index is 12.9. The number of anilines is 1. The lowest BCUT2D eigenvalue weighted by Crippen LogP contribution is -2.24. The third-order valence-electron chi connectivity index (χ3n) is 5.87. The molecule has 6 rings (SSSR count). The number of benzene rings is 4. The molecule has 0 bridgehead atoms. The van der Waals surface area contributed by atoms with Gasteiger partial charge in [0.25, 0.3) is 0 Å². The summed E-state index contributed by atoms with van der Waals surface area (Å²) in [4.78, 5) is 12.9. The van der Waals surface area contributed by atoms with Gasteiger partial charge in [0.05, 0.1) is 5.75 Å². The van der Waals surface area contributed by atoms with Crippen LogP contribution in [0.1, 0.15) is 11.9 Å². The summed E-state index contributed by atoms with van der Waals surface area (Å²) in [5.41, 5.74) is 1.67. The second-order valence-electron chi connectivity index (χ2n) is 8.24. The molecule has 1 aliphatic heterocycles. The average molecular weight is 495 g/mol. The Morgan fingerprint density at radius 3 is 2.53 bits per heavy atom. The summed E-state index contributed by atoms with van der Waals surface area (Å²) in [6, 6.07) is 31.2. The summed E-state index contributed by atoms with van der Waals surface area (Å²) in [6.45, 7) is 0.314. The zero-order chi connectivity index (χ0) is 24.3. The van der Waals surface area contributed by atoms with Crippen LogP contribution in [0, 0.1) is 0 Å². The average Bonchev–Trinajstić information content (AvgIpc) is 3.36. The minimum atomic E-state index is -0.438. The van der Waals surface area contributed by atoms with Crippen LogP contribution < -0.4 is 14.8 Å². The van der Waals surface area contributed by atoms with Crippen molar-refractivity contribution < 1.29 is 14.3 Å². The first-order valence-corrected chi connectivity index (χ1v) is 12.5. The number of nitrogens with one attached hydrogen (secondary N) is 1. The standard InChI is InChI=1S/C28H22N4O3S/c33-26(29-22-14-8-10-19-9-4-5-13-21(19)22)18-36-28-31-30-27(32(28)20-11-2-1-3-12-20)25-17-34-23-15-6-7-16-24(23)35-25/h1-16,25H,17-18H2,(H,29,33)/t25-/m1/s1. The highest BCUT2D eigenvalue weighted by Crippen LogP contribution is 2.37. The molecule has 178 valence electrons. The molecule has 1 atom stereocenters. The van der Waals surface area contributed by atoms with Crippen LogP contribution >= 0.6 is 11.8 Å². The van der Waals surface area contributed by atoms with E-state index in [-0.39, 0.29) is 11.7 Å². The second kappa shape index (κ2) is 9.75. The zero-order valence-corrected chi connectivity index (χ0v) is 20.0. The van der Waals surface area contributed by atoms with Crippen LogP contribution in [0.25, 0.3) is 16.5 Å². The molecule has 1 N–H and O–H groups in total. The van der Waals surface area contributed by atoms with Gasteiger partial charge in [-0.05, 0) is 35.7 Å². The number of hydrogen-bond acceptors (Lipinski definition) is 6. The molecule has 2 heterocycles. The second-order valence-corrected chi connectivity index (χ2v) is 9.18. The molecule has 1 aromatic heterocycles. The van der Waals surface area contributed by atoms with E-state index in [1.54, 1.807) is 0 Å². The topological polar surface area (TPSA) is 78.3 Å². The Morgan fingerprint density at radius 2 is 1.64 bits per heavy atom. The number of amides is 1. The number of hydrogen-bond donors (Lipinski definition) is 1. The van der Waals surface area contributed by atoms with E-state index < -0.39 is 6.10 Å². The van der Waals surface area contributed by atoms with Crippen LogP contribution in [0.2, 0.25) is 0 Å². The molecule has 5 aromatic rings. The fourth-order valence-electron chi connectivity index (χ4n) is 4.20. The van der Waals surface area contributed by atoms with Crippen LogP contribution in [0.15, 0.2) is 102 Å². The van der Waals surface area contributed by atoms with Crippen molar-refractivity contribution in [2.75, 3.05) is 17.7 Å². The molecule has 0 spiro atoms. The Bertz CT molecular complexity index is 1530. The van der Waals surface area contributed by atoms with Gasteiger partial charge in [0, 0.05) is 16.8 Å². The molecule has 1 aliphatic rings. The molecular weight excluding hydrogens is 472 g/mol. The number of fused-ring (bicyclic) bond motifs is 2. The molecule has 4 aromatic carbocycles. The summed E-state index contributed by atoms with van der Waals surface area (Å²) >= 11 is 1.33. The smallest absolute Gasteiger partial charge is 0.234 e. The van der Waals surface area contributed by atoms with Crippen LogP contribution in [-0.4, -0.2) is 33.0 Å². The summed E-state index contributed by atoms with van der Waals surface area (Å²) < 4.78 is 14.0. The van der Waals surface area contributed by atoms with E-state index in [0.29, 0.717) is 29.1 Å². The van der Waals surface area contributed by atoms with Crippen molar-refractivity contribution in [2.45, 2.75) is 11.3 Å². The van der Waals surface area contributed by atoms with Crippen LogP contribution in [0.5, 0.6) is 11.5 Å². The van der Waals surface area contributed by atoms with E-state index in [1.165, 1.54) is 11.8 Å². The molecule has 0 saturated heterocycles. The lowest BCUT2D eigenvalue weighted by molar-refractivity contribution is -0.113. The van der Waals surface area contributed by atoms with Crippen LogP contribution in [0.4, 0.5) is 5.69 Å². The van der Waals surface area contributed by atoms with Crippen LogP contribution in [0.3, 0.4) is 0 Å². The first kappa shape index (κ1) is 22.2. The Balaban J connectivity index is 1.24. The van der Waals surface area contributed by atoms with E-state index in [1.807, 2.05) is 102 Å². The van der Waals surface area contributed by atoms with Gasteiger partial charge < -0.3 is 14.8 Å². The lowest BCUT2D eigenvalue weighted by Gasteiger charge is -2.26. The number of carbonyl (C=O) groups excluding carboxylic acids is 1. The Hall–Kier alpha value is -4.30. The van der Waals surface area contributed by atoms with Gasteiger partial charge in [0.1, 0.15) is 6.61 Å². The van der Waals surface area contributed by atoms with Gasteiger partial charge in [-0.1, -0.05) is 78.5 Å². The summed E-state index contributed by atoms with van der Waals surface area (Å²) in [7, 11) is 0. The summed E-state index contributed by atoms with van der Waals surface area (Å²) in [6.07, 6.45) is -0.438. The SMILES string of the molecule is O=C(CSc1nnc([C@H]2COc3ccccc3O2)n1-c1ccccc1)Nc1cccc2ccccc12. The predicted octanol–water partition coefficient (Wildman–Crippen LogP) is 5.66. The third-order valence-corrected chi connectivity index (χ3v) is 6.79. The minimum absolute atomic E-state index is 0.119. The van der Waals surface area contributed by atoms with Gasteiger partial charge in [-0.3, -0.25) is 9.36 Å². The van der Waals surface area contributed by atoms with Gasteiger partial charge in [-0.25, -0.2) is 0 Å². The largest absolute Gasteiger partial charge is 0.485 e. The van der Waals surface area contributed by atoms with Crippen molar-refractivity contribution in [3.05, 3.63) is 103 Å². The highest BCUT2D eigenvalue weighted by Gasteiger charge is 2.29. The quantitative estimate of drug-likeness (QED) is 0.307. The van der Waals surface area contributed by atoms with Crippen molar-refractivity contribution in [1.29, 1.82) is 0 Å². The number of nitrogens with zero attached hydrogens (tertiary/aromatic N) is 3. The Labute approximate surface area is 212 Å². The molecule has 0 fully saturated rings. The molecule has 1 amide bonds. The van der Waals surface area contributed by atoms with E-state index in [9.17, 15) is 4.79 Å². The monoisotopic (exact) mass is 494 g/mol. The molecule has 8 heteroatoms. The van der Waals surface area contributed by atoms with Crippen molar-refractivity contribution >= 4 is 34.1 Å². The van der Waals surface area contributed by atoms with Crippen molar-refractivity contribution in [3.8, 4) is 17.2 Å². The number of thioether (sulfide) groups is 1. The highest BCUT2D eigenvalue weighted by molar-refractivity contribution is 7.99. The fraction of sp³-hybridized carbons (Fsp3) is 0.107. The first-order chi connectivity index (χ1) is 17.8. The van der Waals surface area contributed by atoms with Crippen LogP contribution in [-0.2, 0) is 4.79 Å². The van der Waals surface area contributed by atoms with Gasteiger partial charge >= 0.3 is 0 Å². The number of para-hydroxylation sites is 3. The van der Waals surface area contributed by atoms with E-state index in [2.05, 4.69) is 15.5 Å². The first-order valence-electron chi connectivity index (χ1n) is 11.6. The molecule has 36 heavy (non-hydrogen) atoms. The fourth-order valence-corrected chi connectivity index (χ4v) is 4.96. The number of ether oxygens (including phenoxy) is 2. The van der Waals surface area contributed by atoms with Gasteiger partial charge in [0.15, 0.2) is 28.6 Å². The number of carbonyl (C=O) groups is 1. The van der Waals surface area contributed by atoms with Crippen molar-refractivity contribution in [2.24, 2.45) is 0 Å². The van der Waals surface area contributed by atoms with Gasteiger partial charge in [-0.2, -0.15) is 0 Å². The molecule has 0 aliphatic carbocycles. The number of rotatable bonds is 6. The lowest BCUT2D eigenvalue weighted by atomic mass is 10.1. The van der Waals surface area contributed by atoms with E-state index >= 15 is 0 Å². The molecular formula is C28H22N4O3S. The minimum Gasteiger partial charge on any atom is -0.485 e. The maximum atomic E-state index is 12.9. The Kier molecular flexibility index (Phi) is 6.01. The Morgan fingerprint density at radius 1 is 0.889 bits per heavy atom. The highest BCUT2D eigenvalue weighted by atomic mass is 32.2.